The topological polar surface area (TPSA) is 71.3 Å². The van der Waals surface area contributed by atoms with Crippen molar-refractivity contribution in [1.29, 1.82) is 5.26 Å². The normalized spacial score (nSPS) is 11.3. The van der Waals surface area contributed by atoms with E-state index in [1.165, 1.54) is 30.6 Å². The van der Waals surface area contributed by atoms with Crippen LogP contribution in [0, 0.1) is 17.1 Å². The Bertz CT molecular complexity index is 982. The first-order valence-electron chi connectivity index (χ1n) is 8.40. The minimum atomic E-state index is -0.403. The van der Waals surface area contributed by atoms with Crippen molar-refractivity contribution in [2.24, 2.45) is 0 Å². The van der Waals surface area contributed by atoms with Crippen LogP contribution < -0.4 is 14.8 Å². The molecule has 3 aromatic rings. The summed E-state index contributed by atoms with van der Waals surface area (Å²) in [5.41, 5.74) is 1.20. The molecule has 2 aromatic carbocycles. The van der Waals surface area contributed by atoms with Crippen LogP contribution in [0.5, 0.6) is 11.5 Å². The smallest absolute Gasteiger partial charge is 0.258 e. The number of ether oxygens (including phenoxy) is 2. The summed E-state index contributed by atoms with van der Waals surface area (Å²) in [6.45, 7) is -0.231. The summed E-state index contributed by atoms with van der Waals surface area (Å²) < 4.78 is 24.0. The molecule has 28 heavy (non-hydrogen) atoms. The van der Waals surface area contributed by atoms with Crippen molar-refractivity contribution in [2.45, 2.75) is 6.04 Å². The van der Waals surface area contributed by atoms with Crippen LogP contribution in [-0.2, 0) is 4.79 Å². The maximum absolute atomic E-state index is 13.3. The Morgan fingerprint density at radius 2 is 2.00 bits per heavy atom. The van der Waals surface area contributed by atoms with Gasteiger partial charge in [0, 0.05) is 10.9 Å². The number of carbonyl (C=O) groups is 1. The number of hydrogen-bond acceptors (Lipinski definition) is 5. The van der Waals surface area contributed by atoms with E-state index in [0.29, 0.717) is 17.1 Å². The van der Waals surface area contributed by atoms with Crippen LogP contribution in [0.25, 0.3) is 0 Å². The molecule has 0 saturated heterocycles. The first-order chi connectivity index (χ1) is 13.6. The minimum Gasteiger partial charge on any atom is -0.493 e. The molecule has 0 radical (unpaired) electrons. The average molecular weight is 396 g/mol. The van der Waals surface area contributed by atoms with Crippen LogP contribution in [-0.4, -0.2) is 19.6 Å². The highest BCUT2D eigenvalue weighted by Crippen LogP contribution is 2.28. The predicted octanol–water partition coefficient (Wildman–Crippen LogP) is 4.05. The third kappa shape index (κ3) is 4.67. The lowest BCUT2D eigenvalue weighted by molar-refractivity contribution is -0.123. The number of nitrogens with zero attached hydrogens (tertiary/aromatic N) is 1. The molecule has 0 saturated carbocycles. The minimum absolute atomic E-state index is 0.231. The van der Waals surface area contributed by atoms with Gasteiger partial charge in [0.15, 0.2) is 18.1 Å². The Balaban J connectivity index is 1.71. The Hall–Kier alpha value is -3.37. The van der Waals surface area contributed by atoms with E-state index in [1.807, 2.05) is 23.6 Å². The zero-order chi connectivity index (χ0) is 19.9. The maximum atomic E-state index is 13.3. The third-order valence-corrected chi connectivity index (χ3v) is 4.93. The number of nitrogens with one attached hydrogen (secondary N) is 1. The van der Waals surface area contributed by atoms with Crippen molar-refractivity contribution in [1.82, 2.24) is 5.32 Å². The van der Waals surface area contributed by atoms with E-state index >= 15 is 0 Å². The van der Waals surface area contributed by atoms with Gasteiger partial charge >= 0.3 is 0 Å². The van der Waals surface area contributed by atoms with E-state index < -0.39 is 6.04 Å². The fourth-order valence-electron chi connectivity index (χ4n) is 2.63. The van der Waals surface area contributed by atoms with Crippen LogP contribution in [0.4, 0.5) is 4.39 Å². The molecule has 1 atom stereocenters. The van der Waals surface area contributed by atoms with Crippen LogP contribution in [0.1, 0.15) is 22.0 Å². The number of thiophene rings is 1. The van der Waals surface area contributed by atoms with E-state index in [2.05, 4.69) is 5.32 Å². The first-order valence-corrected chi connectivity index (χ1v) is 9.28. The van der Waals surface area contributed by atoms with Crippen molar-refractivity contribution >= 4 is 17.2 Å². The molecule has 1 amide bonds. The lowest BCUT2D eigenvalue weighted by Gasteiger charge is -2.18. The molecule has 0 spiro atoms. The summed E-state index contributed by atoms with van der Waals surface area (Å²) in [5, 5.41) is 13.8. The molecule has 1 aromatic heterocycles. The van der Waals surface area contributed by atoms with Gasteiger partial charge in [-0.2, -0.15) is 5.26 Å². The van der Waals surface area contributed by atoms with Gasteiger partial charge in [-0.25, -0.2) is 4.39 Å². The second-order valence-electron chi connectivity index (χ2n) is 5.83. The standard InChI is InChI=1S/C21H17FN2O3S/c1-26-18-11-14(12-23)4-9-17(18)27-13-20(25)24-21(19-3-2-10-28-19)15-5-7-16(22)8-6-15/h2-11,21H,13H2,1H3,(H,24,25). The number of rotatable bonds is 7. The average Bonchev–Trinajstić information content (AvgIpc) is 3.25. The van der Waals surface area contributed by atoms with Gasteiger partial charge in [0.25, 0.3) is 5.91 Å². The molecule has 1 N–H and O–H groups in total. The highest BCUT2D eigenvalue weighted by molar-refractivity contribution is 7.10. The fourth-order valence-corrected chi connectivity index (χ4v) is 3.43. The molecule has 0 fully saturated rings. The highest BCUT2D eigenvalue weighted by atomic mass is 32.1. The summed E-state index contributed by atoms with van der Waals surface area (Å²) in [7, 11) is 1.46. The zero-order valence-electron chi connectivity index (χ0n) is 15.0. The maximum Gasteiger partial charge on any atom is 0.258 e. The van der Waals surface area contributed by atoms with Gasteiger partial charge in [-0.3, -0.25) is 4.79 Å². The van der Waals surface area contributed by atoms with E-state index in [4.69, 9.17) is 14.7 Å². The van der Waals surface area contributed by atoms with E-state index in [0.717, 1.165) is 10.4 Å². The summed E-state index contributed by atoms with van der Waals surface area (Å²) in [6, 6.07) is 16.1. The van der Waals surface area contributed by atoms with Gasteiger partial charge in [0.2, 0.25) is 0 Å². The van der Waals surface area contributed by atoms with Gasteiger partial charge in [-0.1, -0.05) is 18.2 Å². The Labute approximate surface area is 166 Å². The Kier molecular flexibility index (Phi) is 6.25. The number of methoxy groups -OCH3 is 1. The molecule has 1 unspecified atom stereocenters. The number of carbonyl (C=O) groups excluding carboxylic acids is 1. The molecular formula is C21H17FN2O3S. The van der Waals surface area contributed by atoms with Crippen LogP contribution >= 0.6 is 11.3 Å². The van der Waals surface area contributed by atoms with Crippen LogP contribution in [0.2, 0.25) is 0 Å². The largest absolute Gasteiger partial charge is 0.493 e. The molecule has 0 aliphatic rings. The van der Waals surface area contributed by atoms with Gasteiger partial charge in [0.05, 0.1) is 24.8 Å². The van der Waals surface area contributed by atoms with Crippen molar-refractivity contribution < 1.29 is 18.7 Å². The van der Waals surface area contributed by atoms with Gasteiger partial charge in [-0.15, -0.1) is 11.3 Å². The molecule has 3 rings (SSSR count). The first kappa shape index (κ1) is 19.4. The van der Waals surface area contributed by atoms with E-state index in [-0.39, 0.29) is 18.3 Å². The molecule has 0 bridgehead atoms. The number of nitriles is 1. The van der Waals surface area contributed by atoms with Gasteiger partial charge in [-0.05, 0) is 41.3 Å². The van der Waals surface area contributed by atoms with E-state index in [1.54, 1.807) is 30.3 Å². The molecular weight excluding hydrogens is 379 g/mol. The van der Waals surface area contributed by atoms with Crippen LogP contribution in [0.15, 0.2) is 60.0 Å². The number of amides is 1. The zero-order valence-corrected chi connectivity index (χ0v) is 15.8. The SMILES string of the molecule is COc1cc(C#N)ccc1OCC(=O)NC(c1ccc(F)cc1)c1cccs1. The number of halogens is 1. The lowest BCUT2D eigenvalue weighted by Crippen LogP contribution is -2.33. The summed E-state index contributed by atoms with van der Waals surface area (Å²) in [4.78, 5) is 13.4. The van der Waals surface area contributed by atoms with Crippen LogP contribution in [0.3, 0.4) is 0 Å². The van der Waals surface area contributed by atoms with Gasteiger partial charge in [0.1, 0.15) is 5.82 Å². The lowest BCUT2D eigenvalue weighted by atomic mass is 10.1. The molecule has 5 nitrogen and oxygen atoms in total. The Morgan fingerprint density at radius 3 is 2.64 bits per heavy atom. The second-order valence-corrected chi connectivity index (χ2v) is 6.81. The van der Waals surface area contributed by atoms with Crippen molar-refractivity contribution in [3.63, 3.8) is 0 Å². The molecule has 0 aliphatic heterocycles. The predicted molar refractivity (Wildman–Crippen MR) is 104 cm³/mol. The van der Waals surface area contributed by atoms with Crippen molar-refractivity contribution in [3.05, 3.63) is 81.8 Å². The summed E-state index contributed by atoms with van der Waals surface area (Å²) >= 11 is 1.50. The second kappa shape index (κ2) is 9.02. The quantitative estimate of drug-likeness (QED) is 0.654. The Morgan fingerprint density at radius 1 is 1.21 bits per heavy atom. The number of benzene rings is 2. The summed E-state index contributed by atoms with van der Waals surface area (Å²) in [5.74, 6) is 0.0664. The molecule has 1 heterocycles. The third-order valence-electron chi connectivity index (χ3n) is 3.99. The highest BCUT2D eigenvalue weighted by Gasteiger charge is 2.19. The fraction of sp³-hybridized carbons (Fsp3) is 0.143. The molecule has 0 aliphatic carbocycles. The van der Waals surface area contributed by atoms with Crippen molar-refractivity contribution in [3.8, 4) is 17.6 Å². The molecule has 142 valence electrons. The molecule has 7 heteroatoms. The number of hydrogen-bond donors (Lipinski definition) is 1. The van der Waals surface area contributed by atoms with Gasteiger partial charge < -0.3 is 14.8 Å². The monoisotopic (exact) mass is 396 g/mol. The summed E-state index contributed by atoms with van der Waals surface area (Å²) in [6.07, 6.45) is 0. The van der Waals surface area contributed by atoms with Crippen molar-refractivity contribution in [2.75, 3.05) is 13.7 Å². The van der Waals surface area contributed by atoms with E-state index in [9.17, 15) is 9.18 Å².